The van der Waals surface area contributed by atoms with Crippen molar-refractivity contribution in [3.05, 3.63) is 53.1 Å². The third kappa shape index (κ3) is 7.85. The molecule has 0 spiro atoms. The van der Waals surface area contributed by atoms with E-state index < -0.39 is 14.0 Å². The van der Waals surface area contributed by atoms with E-state index in [1.165, 1.54) is 5.19 Å². The number of rotatable bonds is 9. The fraction of sp³-hybridized carbons (Fsp3) is 0.517. The summed E-state index contributed by atoms with van der Waals surface area (Å²) in [6, 6.07) is 12.2. The molecule has 0 radical (unpaired) electrons. The van der Waals surface area contributed by atoms with Crippen LogP contribution in [-0.2, 0) is 27.0 Å². The summed E-state index contributed by atoms with van der Waals surface area (Å²) in [6.07, 6.45) is 0.446. The molecule has 0 aliphatic rings. The summed E-state index contributed by atoms with van der Waals surface area (Å²) in [6.45, 7) is 17.5. The zero-order chi connectivity index (χ0) is 27.5. The van der Waals surface area contributed by atoms with Crippen molar-refractivity contribution in [1.82, 2.24) is 4.90 Å². The van der Waals surface area contributed by atoms with Crippen LogP contribution in [0.25, 0.3) is 0 Å². The molecule has 2 aromatic carbocycles. The molecule has 0 aliphatic carbocycles. The molecule has 0 unspecified atom stereocenters. The van der Waals surface area contributed by atoms with E-state index in [9.17, 15) is 14.7 Å². The first-order valence-electron chi connectivity index (χ1n) is 12.5. The smallest absolute Gasteiger partial charge is 0.303 e. The van der Waals surface area contributed by atoms with Gasteiger partial charge < -0.3 is 19.8 Å². The lowest BCUT2D eigenvalue weighted by molar-refractivity contribution is -0.140. The number of hydrogen-bond donors (Lipinski definition) is 2. The van der Waals surface area contributed by atoms with Gasteiger partial charge in [0.15, 0.2) is 0 Å². The van der Waals surface area contributed by atoms with Gasteiger partial charge in [0.05, 0.1) is 12.7 Å². The predicted octanol–water partition coefficient (Wildman–Crippen LogP) is 5.34. The summed E-state index contributed by atoms with van der Waals surface area (Å²) >= 11 is 0. The molecule has 0 atom stereocenters. The topological polar surface area (TPSA) is 87.1 Å². The second-order valence-electron chi connectivity index (χ2n) is 12.4. The minimum absolute atomic E-state index is 0.00627. The van der Waals surface area contributed by atoms with Crippen LogP contribution in [0.5, 0.6) is 11.5 Å². The molecule has 0 aromatic heterocycles. The Morgan fingerprint density at radius 1 is 0.917 bits per heavy atom. The summed E-state index contributed by atoms with van der Waals surface area (Å²) in [4.78, 5) is 24.4. The summed E-state index contributed by atoms with van der Waals surface area (Å²) in [5.41, 5.74) is 2.34. The van der Waals surface area contributed by atoms with Gasteiger partial charge in [-0.1, -0.05) is 84.1 Å². The van der Waals surface area contributed by atoms with Gasteiger partial charge in [0.1, 0.15) is 19.6 Å². The molecule has 0 heterocycles. The Bertz CT molecular complexity index is 1040. The van der Waals surface area contributed by atoms with Crippen LogP contribution in [0.3, 0.4) is 0 Å². The van der Waals surface area contributed by atoms with E-state index in [2.05, 4.69) is 66.8 Å². The molecule has 36 heavy (non-hydrogen) atoms. The quantitative estimate of drug-likeness (QED) is 0.442. The first kappa shape index (κ1) is 29.4. The van der Waals surface area contributed by atoms with Gasteiger partial charge in [-0.3, -0.25) is 9.59 Å². The molecule has 2 rings (SSSR count). The van der Waals surface area contributed by atoms with Gasteiger partial charge in [-0.05, 0) is 28.5 Å². The number of ether oxygens (including phenoxy) is 1. The van der Waals surface area contributed by atoms with Gasteiger partial charge >= 0.3 is 5.97 Å². The molecule has 0 saturated carbocycles. The number of carboxylic acids is 1. The maximum Gasteiger partial charge on any atom is 0.303 e. The Balaban J connectivity index is 2.16. The highest BCUT2D eigenvalue weighted by molar-refractivity contribution is 6.89. The lowest BCUT2D eigenvalue weighted by atomic mass is 9.79. The molecule has 0 aliphatic heterocycles. The van der Waals surface area contributed by atoms with Crippen LogP contribution in [0.15, 0.2) is 36.4 Å². The summed E-state index contributed by atoms with van der Waals surface area (Å²) in [5.74, 6) is -0.0167. The fourth-order valence-corrected chi connectivity index (χ4v) is 5.77. The molecule has 2 N–H and O–H groups in total. The Kier molecular flexibility index (Phi) is 9.05. The van der Waals surface area contributed by atoms with E-state index >= 15 is 0 Å². The molecular formula is C29H43NO5Si. The van der Waals surface area contributed by atoms with Gasteiger partial charge in [-0.25, -0.2) is 0 Å². The van der Waals surface area contributed by atoms with Crippen molar-refractivity contribution in [2.75, 3.05) is 13.3 Å². The lowest BCUT2D eigenvalue weighted by Crippen LogP contribution is -2.47. The zero-order valence-corrected chi connectivity index (χ0v) is 24.4. The van der Waals surface area contributed by atoms with E-state index in [-0.39, 0.29) is 29.6 Å². The molecular weight excluding hydrogens is 470 g/mol. The van der Waals surface area contributed by atoms with Crippen molar-refractivity contribution < 1.29 is 24.5 Å². The Labute approximate surface area is 217 Å². The van der Waals surface area contributed by atoms with E-state index in [4.69, 9.17) is 9.84 Å². The monoisotopic (exact) mass is 513 g/mol. The second-order valence-corrected chi connectivity index (χ2v) is 17.0. The highest BCUT2D eigenvalue weighted by atomic mass is 28.3. The maximum absolute atomic E-state index is 12.1. The van der Waals surface area contributed by atoms with Crippen molar-refractivity contribution in [1.29, 1.82) is 0 Å². The highest BCUT2D eigenvalue weighted by Gasteiger charge is 2.29. The summed E-state index contributed by atoms with van der Waals surface area (Å²) < 4.78 is 6.37. The van der Waals surface area contributed by atoms with Crippen LogP contribution in [0.1, 0.15) is 71.1 Å². The van der Waals surface area contributed by atoms with Crippen LogP contribution in [-0.4, -0.2) is 48.3 Å². The Hall–Kier alpha value is -2.80. The van der Waals surface area contributed by atoms with E-state index in [0.29, 0.717) is 18.5 Å². The molecule has 7 heteroatoms. The van der Waals surface area contributed by atoms with E-state index in [0.717, 1.165) is 22.4 Å². The van der Waals surface area contributed by atoms with Gasteiger partial charge in [-0.2, -0.15) is 0 Å². The number of phenols is 1. The molecule has 6 nitrogen and oxygen atoms in total. The predicted molar refractivity (Wildman–Crippen MR) is 148 cm³/mol. The number of carboxylic acid groups (broad SMARTS) is 1. The van der Waals surface area contributed by atoms with Crippen molar-refractivity contribution >= 4 is 25.1 Å². The van der Waals surface area contributed by atoms with Crippen molar-refractivity contribution in [3.8, 4) is 11.5 Å². The van der Waals surface area contributed by atoms with Crippen molar-refractivity contribution in [3.63, 3.8) is 0 Å². The zero-order valence-electron chi connectivity index (χ0n) is 23.4. The van der Waals surface area contributed by atoms with E-state index in [1.807, 2.05) is 24.3 Å². The van der Waals surface area contributed by atoms with Gasteiger partial charge in [0.25, 0.3) is 0 Å². The number of nitrogens with zero attached hydrogens (tertiary/aromatic N) is 1. The number of phenolic OH excluding ortho intramolecular Hbond substituents is 1. The largest absolute Gasteiger partial charge is 0.507 e. The van der Waals surface area contributed by atoms with Crippen LogP contribution in [0.4, 0.5) is 0 Å². The first-order valence-corrected chi connectivity index (χ1v) is 15.7. The van der Waals surface area contributed by atoms with E-state index in [1.54, 1.807) is 11.9 Å². The molecule has 1 amide bonds. The highest BCUT2D eigenvalue weighted by Crippen LogP contribution is 2.41. The molecule has 0 bridgehead atoms. The number of benzene rings is 2. The van der Waals surface area contributed by atoms with Crippen LogP contribution < -0.4 is 9.92 Å². The minimum Gasteiger partial charge on any atom is -0.507 e. The van der Waals surface area contributed by atoms with Crippen molar-refractivity contribution in [2.24, 2.45) is 0 Å². The number of hydrogen-bond acceptors (Lipinski definition) is 4. The Morgan fingerprint density at radius 3 is 1.86 bits per heavy atom. The summed E-state index contributed by atoms with van der Waals surface area (Å²) in [7, 11) is -0.248. The van der Waals surface area contributed by atoms with Crippen LogP contribution in [0.2, 0.25) is 13.1 Å². The van der Waals surface area contributed by atoms with Gasteiger partial charge in [-0.15, -0.1) is 0 Å². The summed E-state index contributed by atoms with van der Waals surface area (Å²) in [5, 5.41) is 21.0. The third-order valence-corrected chi connectivity index (χ3v) is 9.20. The first-order chi connectivity index (χ1) is 16.4. The molecule has 198 valence electrons. The maximum atomic E-state index is 12.1. The lowest BCUT2D eigenvalue weighted by Gasteiger charge is -2.29. The minimum atomic E-state index is -1.94. The Morgan fingerprint density at radius 2 is 1.42 bits per heavy atom. The average molecular weight is 514 g/mol. The van der Waals surface area contributed by atoms with Gasteiger partial charge in [0, 0.05) is 31.1 Å². The molecule has 0 fully saturated rings. The number of aromatic hydroxyl groups is 1. The SMILES string of the molecule is CN(Cc1ccc([Si](C)(C)COc2cc(C(C)(C)C)c(O)c(C(C)(C)C)c2)cc1)C(=O)CCC(=O)O. The second kappa shape index (κ2) is 11.1. The molecule has 2 aromatic rings. The fourth-order valence-electron chi connectivity index (χ4n) is 4.01. The molecule has 0 saturated heterocycles. The number of carbonyl (C=O) groups excluding carboxylic acids is 1. The average Bonchev–Trinajstić information content (AvgIpc) is 2.75. The normalized spacial score (nSPS) is 12.4. The van der Waals surface area contributed by atoms with Crippen LogP contribution >= 0.6 is 0 Å². The van der Waals surface area contributed by atoms with Gasteiger partial charge in [0.2, 0.25) is 5.91 Å². The number of aliphatic carboxylic acids is 1. The van der Waals surface area contributed by atoms with Crippen molar-refractivity contribution in [2.45, 2.75) is 84.9 Å². The third-order valence-electron chi connectivity index (χ3n) is 6.43. The standard InChI is InChI=1S/C29H43NO5Si/c1-28(2,3)23-16-21(17-24(27(23)34)29(4,5)6)35-19-36(8,9)22-12-10-20(11-13-22)18-30(7)25(31)14-15-26(32)33/h10-13,16-17,34H,14-15,18-19H2,1-9H3,(H,32,33). The number of amides is 1. The van der Waals surface area contributed by atoms with Crippen LogP contribution in [0, 0.1) is 0 Å². The number of carbonyl (C=O) groups is 2.